The van der Waals surface area contributed by atoms with Crippen LogP contribution in [0.4, 0.5) is 0 Å². The lowest BCUT2D eigenvalue weighted by molar-refractivity contribution is -0.123. The standard InChI is InChI=1S/C27H30N4O2/c1-19-7-11-21(12-8-19)15-23(16-29-26(33)18-32)31-25-6-4-3-5-24(25)30(27(31)28)17-22-13-9-20(2)10-14-22/h3-14,23,28,32H,15-18H2,1-2H3,(H,29,33)/t23-/m1/s1. The van der Waals surface area contributed by atoms with E-state index in [1.54, 1.807) is 0 Å². The van der Waals surface area contributed by atoms with E-state index in [1.165, 1.54) is 11.1 Å². The van der Waals surface area contributed by atoms with Crippen LogP contribution in [-0.4, -0.2) is 33.3 Å². The Morgan fingerprint density at radius 1 is 0.909 bits per heavy atom. The molecule has 3 aromatic carbocycles. The van der Waals surface area contributed by atoms with Crippen molar-refractivity contribution in [3.8, 4) is 0 Å². The fourth-order valence-electron chi connectivity index (χ4n) is 4.20. The van der Waals surface area contributed by atoms with E-state index in [9.17, 15) is 9.90 Å². The highest BCUT2D eigenvalue weighted by Gasteiger charge is 2.20. The molecule has 0 bridgehead atoms. The molecule has 6 heteroatoms. The largest absolute Gasteiger partial charge is 0.387 e. The first-order chi connectivity index (χ1) is 16.0. The zero-order chi connectivity index (χ0) is 23.4. The summed E-state index contributed by atoms with van der Waals surface area (Å²) in [5.74, 6) is -0.417. The number of amides is 1. The minimum absolute atomic E-state index is 0.181. The maximum absolute atomic E-state index is 11.8. The predicted octanol–water partition coefficient (Wildman–Crippen LogP) is 3.48. The maximum Gasteiger partial charge on any atom is 0.245 e. The lowest BCUT2D eigenvalue weighted by atomic mass is 10.0. The van der Waals surface area contributed by atoms with Crippen LogP contribution in [0.2, 0.25) is 0 Å². The minimum Gasteiger partial charge on any atom is -0.387 e. The summed E-state index contributed by atoms with van der Waals surface area (Å²) in [5.41, 5.74) is 6.96. The molecule has 0 saturated heterocycles. The summed E-state index contributed by atoms with van der Waals surface area (Å²) in [7, 11) is 0. The third-order valence-corrected chi connectivity index (χ3v) is 6.01. The van der Waals surface area contributed by atoms with Crippen LogP contribution in [0, 0.1) is 19.3 Å². The van der Waals surface area contributed by atoms with Crippen LogP contribution in [0.1, 0.15) is 28.3 Å². The molecule has 6 nitrogen and oxygen atoms in total. The van der Waals surface area contributed by atoms with E-state index in [1.807, 2.05) is 33.4 Å². The van der Waals surface area contributed by atoms with Gasteiger partial charge in [-0.15, -0.1) is 0 Å². The third kappa shape index (κ3) is 5.07. The molecule has 1 amide bonds. The number of nitrogens with zero attached hydrogens (tertiary/aromatic N) is 2. The van der Waals surface area contributed by atoms with Gasteiger partial charge in [-0.2, -0.15) is 0 Å². The third-order valence-electron chi connectivity index (χ3n) is 6.01. The lowest BCUT2D eigenvalue weighted by Gasteiger charge is -2.20. The van der Waals surface area contributed by atoms with Gasteiger partial charge in [-0.1, -0.05) is 71.8 Å². The van der Waals surface area contributed by atoms with Gasteiger partial charge in [-0.3, -0.25) is 10.2 Å². The topological polar surface area (TPSA) is 83.0 Å². The van der Waals surface area contributed by atoms with Crippen LogP contribution in [-0.2, 0) is 17.8 Å². The first-order valence-corrected chi connectivity index (χ1v) is 11.2. The average Bonchev–Trinajstić information content (AvgIpc) is 3.10. The van der Waals surface area contributed by atoms with Gasteiger partial charge in [0.05, 0.1) is 23.6 Å². The molecule has 0 saturated carbocycles. The van der Waals surface area contributed by atoms with E-state index in [2.05, 4.69) is 67.7 Å². The van der Waals surface area contributed by atoms with E-state index in [0.29, 0.717) is 25.1 Å². The lowest BCUT2D eigenvalue weighted by Crippen LogP contribution is -2.37. The van der Waals surface area contributed by atoms with Crippen molar-refractivity contribution in [1.82, 2.24) is 14.5 Å². The number of aliphatic hydroxyl groups excluding tert-OH is 1. The zero-order valence-electron chi connectivity index (χ0n) is 19.1. The van der Waals surface area contributed by atoms with Gasteiger partial charge in [0, 0.05) is 6.54 Å². The summed E-state index contributed by atoms with van der Waals surface area (Å²) in [4.78, 5) is 11.8. The van der Waals surface area contributed by atoms with Gasteiger partial charge < -0.3 is 19.6 Å². The molecule has 1 aromatic heterocycles. The SMILES string of the molecule is Cc1ccc(C[C@H](CNC(=O)CO)n2c(=N)n(Cc3ccc(C)cc3)c3ccccc32)cc1. The highest BCUT2D eigenvalue weighted by atomic mass is 16.3. The average molecular weight is 443 g/mol. The molecule has 33 heavy (non-hydrogen) atoms. The monoisotopic (exact) mass is 442 g/mol. The molecule has 0 spiro atoms. The van der Waals surface area contributed by atoms with Crippen molar-refractivity contribution in [1.29, 1.82) is 5.41 Å². The first-order valence-electron chi connectivity index (χ1n) is 11.2. The van der Waals surface area contributed by atoms with Crippen molar-refractivity contribution < 1.29 is 9.90 Å². The number of carbonyl (C=O) groups is 1. The number of aliphatic hydroxyl groups is 1. The predicted molar refractivity (Wildman–Crippen MR) is 130 cm³/mol. The first kappa shape index (κ1) is 22.6. The molecular formula is C27H30N4O2. The van der Waals surface area contributed by atoms with Crippen LogP contribution in [0.25, 0.3) is 11.0 Å². The highest BCUT2D eigenvalue weighted by molar-refractivity contribution is 5.77. The van der Waals surface area contributed by atoms with Crippen LogP contribution < -0.4 is 10.9 Å². The number of aromatic nitrogens is 2. The Morgan fingerprint density at radius 3 is 2.09 bits per heavy atom. The van der Waals surface area contributed by atoms with E-state index >= 15 is 0 Å². The van der Waals surface area contributed by atoms with E-state index in [0.717, 1.165) is 22.2 Å². The molecule has 3 N–H and O–H groups in total. The van der Waals surface area contributed by atoms with Gasteiger partial charge in [0.2, 0.25) is 11.5 Å². The van der Waals surface area contributed by atoms with Gasteiger partial charge in [0.1, 0.15) is 6.61 Å². The van der Waals surface area contributed by atoms with Crippen LogP contribution in [0.15, 0.2) is 72.8 Å². The van der Waals surface area contributed by atoms with Crippen molar-refractivity contribution in [2.24, 2.45) is 0 Å². The number of nitrogens with one attached hydrogen (secondary N) is 2. The van der Waals surface area contributed by atoms with Crippen LogP contribution in [0.5, 0.6) is 0 Å². The van der Waals surface area contributed by atoms with Crippen molar-refractivity contribution in [2.75, 3.05) is 13.2 Å². The smallest absolute Gasteiger partial charge is 0.245 e. The number of rotatable bonds is 8. The summed E-state index contributed by atoms with van der Waals surface area (Å²) in [6.45, 7) is 4.48. The summed E-state index contributed by atoms with van der Waals surface area (Å²) in [6.07, 6.45) is 0.654. The molecular weight excluding hydrogens is 412 g/mol. The van der Waals surface area contributed by atoms with E-state index in [4.69, 9.17) is 5.41 Å². The van der Waals surface area contributed by atoms with Crippen molar-refractivity contribution in [3.63, 3.8) is 0 Å². The van der Waals surface area contributed by atoms with Crippen LogP contribution in [0.3, 0.4) is 0 Å². The molecule has 0 aliphatic carbocycles. The Bertz CT molecular complexity index is 1300. The second kappa shape index (κ2) is 9.88. The number of para-hydroxylation sites is 2. The second-order valence-electron chi connectivity index (χ2n) is 8.56. The van der Waals surface area contributed by atoms with Gasteiger partial charge in [-0.25, -0.2) is 0 Å². The van der Waals surface area contributed by atoms with Crippen molar-refractivity contribution in [2.45, 2.75) is 32.9 Å². The van der Waals surface area contributed by atoms with Gasteiger partial charge in [-0.05, 0) is 43.5 Å². The Kier molecular flexibility index (Phi) is 6.75. The summed E-state index contributed by atoms with van der Waals surface area (Å²) in [5, 5.41) is 21.1. The Morgan fingerprint density at radius 2 is 1.48 bits per heavy atom. The molecule has 4 rings (SSSR count). The fraction of sp³-hybridized carbons (Fsp3) is 0.259. The Hall–Kier alpha value is -3.64. The van der Waals surface area contributed by atoms with Crippen LogP contribution >= 0.6 is 0 Å². The summed E-state index contributed by atoms with van der Waals surface area (Å²) >= 11 is 0. The van der Waals surface area contributed by atoms with E-state index in [-0.39, 0.29) is 6.04 Å². The molecule has 4 aromatic rings. The number of imidazole rings is 1. The minimum atomic E-state index is -0.551. The van der Waals surface area contributed by atoms with Gasteiger partial charge >= 0.3 is 0 Å². The molecule has 1 heterocycles. The molecule has 0 unspecified atom stereocenters. The second-order valence-corrected chi connectivity index (χ2v) is 8.56. The number of benzene rings is 3. The Balaban J connectivity index is 1.78. The number of carbonyl (C=O) groups excluding carboxylic acids is 1. The maximum atomic E-state index is 11.8. The van der Waals surface area contributed by atoms with Crippen molar-refractivity contribution >= 4 is 16.9 Å². The van der Waals surface area contributed by atoms with Gasteiger partial charge in [0.25, 0.3) is 0 Å². The molecule has 0 aliphatic heterocycles. The van der Waals surface area contributed by atoms with Crippen molar-refractivity contribution in [3.05, 3.63) is 101 Å². The molecule has 170 valence electrons. The molecule has 0 aliphatic rings. The molecule has 0 fully saturated rings. The summed E-state index contributed by atoms with van der Waals surface area (Å²) < 4.78 is 4.01. The van der Waals surface area contributed by atoms with Gasteiger partial charge in [0.15, 0.2) is 0 Å². The summed E-state index contributed by atoms with van der Waals surface area (Å²) in [6, 6.07) is 24.5. The molecule has 0 radical (unpaired) electrons. The number of hydrogen-bond donors (Lipinski definition) is 3. The molecule has 1 atom stereocenters. The van der Waals surface area contributed by atoms with E-state index < -0.39 is 12.5 Å². The highest BCUT2D eigenvalue weighted by Crippen LogP contribution is 2.21. The number of fused-ring (bicyclic) bond motifs is 1. The normalized spacial score (nSPS) is 12.1. The number of hydrogen-bond acceptors (Lipinski definition) is 3. The zero-order valence-corrected chi connectivity index (χ0v) is 19.1. The fourth-order valence-corrected chi connectivity index (χ4v) is 4.20. The Labute approximate surface area is 193 Å². The number of aryl methyl sites for hydroxylation is 2. The quantitative estimate of drug-likeness (QED) is 0.390.